The molecule has 3 rings (SSSR count). The van der Waals surface area contributed by atoms with Gasteiger partial charge in [-0.1, -0.05) is 12.1 Å². The number of fused-ring (bicyclic) bond motifs is 2. The van der Waals surface area contributed by atoms with E-state index in [0.717, 1.165) is 5.56 Å². The van der Waals surface area contributed by atoms with Crippen molar-refractivity contribution in [2.24, 2.45) is 0 Å². The number of rotatable bonds is 4. The topological polar surface area (TPSA) is 143 Å². The van der Waals surface area contributed by atoms with Gasteiger partial charge in [-0.05, 0) is 51.3 Å². The number of hydrazine groups is 1. The minimum Gasteiger partial charge on any atom is -0.465 e. The minimum atomic E-state index is -1.04. The number of carboxylic acid groups (broad SMARTS) is 1. The second-order valence-electron chi connectivity index (χ2n) is 8.71. The summed E-state index contributed by atoms with van der Waals surface area (Å²) in [4.78, 5) is 50.8. The number of nitrogens with one attached hydrogen (secondary N) is 2. The smallest absolute Gasteiger partial charge is 0.408 e. The fraction of sp³-hybridized carbons (Fsp3) is 0.500. The van der Waals surface area contributed by atoms with Gasteiger partial charge in [-0.25, -0.2) is 14.7 Å². The van der Waals surface area contributed by atoms with E-state index >= 15 is 0 Å². The van der Waals surface area contributed by atoms with E-state index in [1.165, 1.54) is 9.80 Å². The van der Waals surface area contributed by atoms with E-state index in [-0.39, 0.29) is 24.7 Å². The van der Waals surface area contributed by atoms with E-state index in [2.05, 4.69) is 10.9 Å². The van der Waals surface area contributed by atoms with Gasteiger partial charge in [-0.15, -0.1) is 0 Å². The molecule has 4 N–H and O–H groups in total. The number of carbonyl (C=O) groups is 4. The summed E-state index contributed by atoms with van der Waals surface area (Å²) in [7, 11) is 0. The van der Waals surface area contributed by atoms with E-state index in [1.54, 1.807) is 45.0 Å². The fourth-order valence-electron chi connectivity index (χ4n) is 3.73. The van der Waals surface area contributed by atoms with Crippen molar-refractivity contribution in [1.82, 2.24) is 25.7 Å². The van der Waals surface area contributed by atoms with Crippen molar-refractivity contribution in [3.63, 3.8) is 0 Å². The molecule has 0 spiro atoms. The summed E-state index contributed by atoms with van der Waals surface area (Å²) in [6, 6.07) is 4.70. The van der Waals surface area contributed by atoms with Gasteiger partial charge >= 0.3 is 12.1 Å². The molecule has 5 amide bonds. The lowest BCUT2D eigenvalue weighted by Crippen LogP contribution is -2.54. The Hall–Kier alpha value is -3.34. The number of carbonyl (C=O) groups excluding carboxylic acids is 3. The van der Waals surface area contributed by atoms with Crippen LogP contribution in [-0.4, -0.2) is 73.3 Å². The van der Waals surface area contributed by atoms with Gasteiger partial charge in [0.25, 0.3) is 11.8 Å². The molecule has 2 aliphatic heterocycles. The predicted molar refractivity (Wildman–Crippen MR) is 108 cm³/mol. The fourth-order valence-corrected chi connectivity index (χ4v) is 3.73. The van der Waals surface area contributed by atoms with Crippen LogP contribution < -0.4 is 10.9 Å². The molecule has 0 aliphatic carbocycles. The second-order valence-corrected chi connectivity index (χ2v) is 8.71. The Morgan fingerprint density at radius 2 is 1.77 bits per heavy atom. The molecule has 168 valence electrons. The molecule has 0 unspecified atom stereocenters. The number of nitrogens with zero attached hydrogens (tertiary/aromatic N) is 3. The number of urea groups is 1. The Morgan fingerprint density at radius 1 is 1.13 bits per heavy atom. The molecule has 2 atom stereocenters. The quantitative estimate of drug-likeness (QED) is 0.417. The van der Waals surface area contributed by atoms with Crippen LogP contribution in [0.25, 0.3) is 0 Å². The van der Waals surface area contributed by atoms with Gasteiger partial charge in [-0.2, -0.15) is 0 Å². The second kappa shape index (κ2) is 8.42. The Morgan fingerprint density at radius 3 is 2.35 bits per heavy atom. The van der Waals surface area contributed by atoms with Crippen LogP contribution in [0.3, 0.4) is 0 Å². The summed E-state index contributed by atoms with van der Waals surface area (Å²) in [5.41, 5.74) is 5.08. The Bertz CT molecular complexity index is 881. The summed E-state index contributed by atoms with van der Waals surface area (Å²) in [5.74, 6) is -1.08. The molecule has 2 aliphatic rings. The summed E-state index contributed by atoms with van der Waals surface area (Å²) in [5, 5.41) is 19.7. The normalized spacial score (nSPS) is 20.5. The van der Waals surface area contributed by atoms with Crippen LogP contribution in [0.2, 0.25) is 0 Å². The highest BCUT2D eigenvalue weighted by Gasteiger charge is 2.46. The standard InChI is InChI=1S/C20H27N5O6/c1-20(2,3)24(19(29)30)10-12-4-6-13(7-5-12)16(26)21-22-17(27)15-9-8-14-11-23(15)18(28)25(14)31/h4-7,14-15,31H,8-11H2,1-3H3,(H,21,26)(H,22,27)(H,29,30)/t14-,15+/m1/s1. The number of benzene rings is 1. The first-order valence-corrected chi connectivity index (χ1v) is 9.97. The largest absolute Gasteiger partial charge is 0.465 e. The number of amides is 5. The zero-order valence-corrected chi connectivity index (χ0v) is 17.7. The molecule has 0 aromatic heterocycles. The lowest BCUT2D eigenvalue weighted by Gasteiger charge is -2.33. The van der Waals surface area contributed by atoms with Gasteiger partial charge in [0.05, 0.1) is 6.04 Å². The SMILES string of the molecule is CC(C)(C)N(Cc1ccc(C(=O)NNC(=O)[C@@H]2CC[C@@H]3CN2C(=O)N3O)cc1)C(=O)O. The molecule has 2 saturated heterocycles. The highest BCUT2D eigenvalue weighted by molar-refractivity contribution is 5.96. The summed E-state index contributed by atoms with van der Waals surface area (Å²) in [6.07, 6.45) is -0.154. The molecular weight excluding hydrogens is 406 g/mol. The first-order valence-electron chi connectivity index (χ1n) is 9.97. The molecule has 0 radical (unpaired) electrons. The maximum absolute atomic E-state index is 12.4. The molecule has 1 aromatic rings. The number of hydrogen-bond acceptors (Lipinski definition) is 5. The van der Waals surface area contributed by atoms with Gasteiger partial charge in [0, 0.05) is 24.2 Å². The van der Waals surface area contributed by atoms with Gasteiger partial charge in [0.15, 0.2) is 0 Å². The highest BCUT2D eigenvalue weighted by Crippen LogP contribution is 2.28. The molecular formula is C20H27N5O6. The molecule has 31 heavy (non-hydrogen) atoms. The average Bonchev–Trinajstić information content (AvgIpc) is 2.93. The first kappa shape index (κ1) is 22.3. The Kier molecular flexibility index (Phi) is 6.07. The van der Waals surface area contributed by atoms with Crippen molar-refractivity contribution in [3.8, 4) is 0 Å². The van der Waals surface area contributed by atoms with E-state index in [1.807, 2.05) is 0 Å². The van der Waals surface area contributed by atoms with E-state index < -0.39 is 35.5 Å². The number of hydrogen-bond donors (Lipinski definition) is 4. The lowest BCUT2D eigenvalue weighted by molar-refractivity contribution is -0.126. The highest BCUT2D eigenvalue weighted by atomic mass is 16.5. The lowest BCUT2D eigenvalue weighted by atomic mass is 10.0. The summed E-state index contributed by atoms with van der Waals surface area (Å²) < 4.78 is 0. The number of piperidine rings is 1. The molecule has 0 saturated carbocycles. The first-order chi connectivity index (χ1) is 14.5. The minimum absolute atomic E-state index is 0.173. The maximum atomic E-state index is 12.4. The monoisotopic (exact) mass is 433 g/mol. The van der Waals surface area contributed by atoms with E-state index in [0.29, 0.717) is 17.9 Å². The molecule has 1 aromatic carbocycles. The van der Waals surface area contributed by atoms with Crippen LogP contribution in [-0.2, 0) is 11.3 Å². The van der Waals surface area contributed by atoms with E-state index in [4.69, 9.17) is 0 Å². The van der Waals surface area contributed by atoms with Crippen LogP contribution in [0, 0.1) is 0 Å². The zero-order valence-electron chi connectivity index (χ0n) is 17.7. The van der Waals surface area contributed by atoms with Gasteiger partial charge in [-0.3, -0.25) is 30.5 Å². The van der Waals surface area contributed by atoms with Gasteiger partial charge < -0.3 is 10.0 Å². The predicted octanol–water partition coefficient (Wildman–Crippen LogP) is 1.38. The van der Waals surface area contributed by atoms with Crippen LogP contribution in [0.15, 0.2) is 24.3 Å². The van der Waals surface area contributed by atoms with Gasteiger partial charge in [0.1, 0.15) is 6.04 Å². The van der Waals surface area contributed by atoms with Crippen LogP contribution in [0.5, 0.6) is 0 Å². The van der Waals surface area contributed by atoms with Crippen molar-refractivity contribution >= 4 is 23.9 Å². The number of hydroxylamine groups is 2. The van der Waals surface area contributed by atoms with Crippen LogP contribution in [0.1, 0.15) is 49.5 Å². The Balaban J connectivity index is 1.56. The molecule has 11 heteroatoms. The summed E-state index contributed by atoms with van der Waals surface area (Å²) in [6.45, 7) is 5.83. The zero-order chi connectivity index (χ0) is 22.9. The van der Waals surface area contributed by atoms with E-state index in [9.17, 15) is 29.5 Å². The maximum Gasteiger partial charge on any atom is 0.408 e. The van der Waals surface area contributed by atoms with Crippen molar-refractivity contribution in [2.45, 2.75) is 57.8 Å². The van der Waals surface area contributed by atoms with Crippen LogP contribution >= 0.6 is 0 Å². The van der Waals surface area contributed by atoms with Gasteiger partial charge in [0.2, 0.25) is 0 Å². The third-order valence-corrected chi connectivity index (χ3v) is 5.54. The van der Waals surface area contributed by atoms with Crippen molar-refractivity contribution in [3.05, 3.63) is 35.4 Å². The van der Waals surface area contributed by atoms with Crippen molar-refractivity contribution in [2.75, 3.05) is 6.54 Å². The third kappa shape index (κ3) is 4.71. The molecule has 2 heterocycles. The third-order valence-electron chi connectivity index (χ3n) is 5.54. The molecule has 2 fully saturated rings. The molecule has 11 nitrogen and oxygen atoms in total. The summed E-state index contributed by atoms with van der Waals surface area (Å²) >= 11 is 0. The average molecular weight is 433 g/mol. The van der Waals surface area contributed by atoms with Crippen molar-refractivity contribution < 1.29 is 29.5 Å². The Labute approximate surface area is 179 Å². The van der Waals surface area contributed by atoms with Crippen molar-refractivity contribution in [1.29, 1.82) is 0 Å². The van der Waals surface area contributed by atoms with Crippen LogP contribution in [0.4, 0.5) is 9.59 Å². The molecule has 2 bridgehead atoms.